The highest BCUT2D eigenvalue weighted by Gasteiger charge is 2.08. The summed E-state index contributed by atoms with van der Waals surface area (Å²) in [5, 5.41) is 8.53. The lowest BCUT2D eigenvalue weighted by Crippen LogP contribution is -2.20. The first-order valence-electron chi connectivity index (χ1n) is 3.94. The molecule has 0 aromatic carbocycles. The molecular formula is C8H7N3O3. The summed E-state index contributed by atoms with van der Waals surface area (Å²) in [6, 6.07) is 0. The number of aromatic nitrogens is 3. The summed E-state index contributed by atoms with van der Waals surface area (Å²) in [5.41, 5.74) is -0.173. The molecule has 0 fully saturated rings. The number of hydrogen-bond donors (Lipinski definition) is 2. The molecule has 0 aliphatic heterocycles. The van der Waals surface area contributed by atoms with Crippen molar-refractivity contribution in [3.63, 3.8) is 0 Å². The zero-order chi connectivity index (χ0) is 10.1. The van der Waals surface area contributed by atoms with Gasteiger partial charge in [0, 0.05) is 24.2 Å². The molecule has 2 heterocycles. The zero-order valence-corrected chi connectivity index (χ0v) is 7.10. The van der Waals surface area contributed by atoms with Gasteiger partial charge in [0.15, 0.2) is 0 Å². The van der Waals surface area contributed by atoms with Crippen molar-refractivity contribution in [2.24, 2.45) is 0 Å². The van der Waals surface area contributed by atoms with Gasteiger partial charge in [0.1, 0.15) is 0 Å². The minimum Gasteiger partial charge on any atom is -0.481 e. The predicted molar refractivity (Wildman–Crippen MR) is 47.2 cm³/mol. The number of rotatable bonds is 2. The third-order valence-electron chi connectivity index (χ3n) is 1.84. The molecule has 0 spiro atoms. The van der Waals surface area contributed by atoms with Crippen LogP contribution >= 0.6 is 0 Å². The van der Waals surface area contributed by atoms with Crippen LogP contribution in [0.2, 0.25) is 0 Å². The molecule has 2 aromatic heterocycles. The highest BCUT2D eigenvalue weighted by molar-refractivity contribution is 5.69. The van der Waals surface area contributed by atoms with Gasteiger partial charge in [0.2, 0.25) is 5.78 Å². The van der Waals surface area contributed by atoms with Crippen LogP contribution in [0.4, 0.5) is 0 Å². The minimum absolute atomic E-state index is 0.176. The number of carbonyl (C=O) groups is 1. The molecule has 6 heteroatoms. The highest BCUT2D eigenvalue weighted by Crippen LogP contribution is 1.95. The van der Waals surface area contributed by atoms with Gasteiger partial charge in [0.25, 0.3) is 5.56 Å². The summed E-state index contributed by atoms with van der Waals surface area (Å²) in [6.07, 6.45) is 4.05. The summed E-state index contributed by atoms with van der Waals surface area (Å²) >= 11 is 0. The smallest absolute Gasteiger partial charge is 0.308 e. The number of fused-ring (bicyclic) bond motifs is 1. The molecule has 0 aliphatic carbocycles. The van der Waals surface area contributed by atoms with Crippen LogP contribution in [-0.4, -0.2) is 25.4 Å². The Morgan fingerprint density at radius 2 is 2.43 bits per heavy atom. The average molecular weight is 193 g/mol. The number of imidazole rings is 1. The van der Waals surface area contributed by atoms with Crippen LogP contribution in [0.5, 0.6) is 0 Å². The molecular weight excluding hydrogens is 186 g/mol. The maximum atomic E-state index is 11.6. The number of hydrogen-bond acceptors (Lipinski definition) is 3. The largest absolute Gasteiger partial charge is 0.481 e. The molecule has 0 amide bonds. The van der Waals surface area contributed by atoms with Crippen LogP contribution in [-0.2, 0) is 11.2 Å². The third-order valence-corrected chi connectivity index (χ3v) is 1.84. The standard InChI is InChI=1S/C8H7N3O3/c12-6(13)3-5-4-10-8-9-1-2-11(8)7(5)14/h1-2,4H,3H2,(H,9,10)(H,12,13). The summed E-state index contributed by atoms with van der Waals surface area (Å²) in [5.74, 6) is -0.636. The van der Waals surface area contributed by atoms with Gasteiger partial charge in [-0.25, -0.2) is 4.98 Å². The molecule has 0 aliphatic rings. The molecule has 2 N–H and O–H groups in total. The van der Waals surface area contributed by atoms with Crippen molar-refractivity contribution < 1.29 is 9.90 Å². The van der Waals surface area contributed by atoms with Crippen molar-refractivity contribution in [1.82, 2.24) is 14.4 Å². The number of H-pyrrole nitrogens is 1. The van der Waals surface area contributed by atoms with E-state index in [1.165, 1.54) is 16.8 Å². The SMILES string of the molecule is O=C(O)Cc1cnc2[nH]ccn2c1=O. The highest BCUT2D eigenvalue weighted by atomic mass is 16.4. The molecule has 0 saturated carbocycles. The Hall–Kier alpha value is -2.11. The molecule has 14 heavy (non-hydrogen) atoms. The van der Waals surface area contributed by atoms with E-state index in [-0.39, 0.29) is 17.5 Å². The Labute approximate surface area is 77.8 Å². The first-order chi connectivity index (χ1) is 6.68. The van der Waals surface area contributed by atoms with Gasteiger partial charge in [-0.15, -0.1) is 0 Å². The number of nitrogens with one attached hydrogen (secondary N) is 1. The second-order valence-electron chi connectivity index (χ2n) is 2.81. The van der Waals surface area contributed by atoms with Crippen LogP contribution in [0.1, 0.15) is 5.56 Å². The average Bonchev–Trinajstić information content (AvgIpc) is 2.57. The summed E-state index contributed by atoms with van der Waals surface area (Å²) in [6.45, 7) is 0. The minimum atomic E-state index is -1.04. The van der Waals surface area contributed by atoms with Crippen LogP contribution in [0.15, 0.2) is 23.4 Å². The van der Waals surface area contributed by atoms with E-state index in [9.17, 15) is 9.59 Å². The number of aromatic amines is 1. The van der Waals surface area contributed by atoms with Crippen molar-refractivity contribution >= 4 is 11.7 Å². The van der Waals surface area contributed by atoms with Gasteiger partial charge >= 0.3 is 5.97 Å². The van der Waals surface area contributed by atoms with Gasteiger partial charge < -0.3 is 10.1 Å². The van der Waals surface area contributed by atoms with Crippen molar-refractivity contribution in [2.75, 3.05) is 0 Å². The molecule has 2 aromatic rings. The van der Waals surface area contributed by atoms with E-state index >= 15 is 0 Å². The van der Waals surface area contributed by atoms with E-state index in [2.05, 4.69) is 9.97 Å². The van der Waals surface area contributed by atoms with Gasteiger partial charge in [-0.1, -0.05) is 0 Å². The summed E-state index contributed by atoms with van der Waals surface area (Å²) in [7, 11) is 0. The molecule has 0 unspecified atom stereocenters. The molecule has 72 valence electrons. The fraction of sp³-hybridized carbons (Fsp3) is 0.125. The number of nitrogens with zero attached hydrogens (tertiary/aromatic N) is 2. The molecule has 6 nitrogen and oxygen atoms in total. The summed E-state index contributed by atoms with van der Waals surface area (Å²) in [4.78, 5) is 28.6. The van der Waals surface area contributed by atoms with Crippen LogP contribution in [0, 0.1) is 0 Å². The molecule has 0 radical (unpaired) electrons. The monoisotopic (exact) mass is 193 g/mol. The number of carboxylic acid groups (broad SMARTS) is 1. The second kappa shape index (κ2) is 2.99. The van der Waals surface area contributed by atoms with Gasteiger partial charge in [-0.05, 0) is 0 Å². The van der Waals surface area contributed by atoms with Crippen molar-refractivity contribution in [3.05, 3.63) is 34.5 Å². The quantitative estimate of drug-likeness (QED) is 0.682. The van der Waals surface area contributed by atoms with E-state index < -0.39 is 5.97 Å². The first-order valence-corrected chi connectivity index (χ1v) is 3.94. The number of carboxylic acids is 1. The normalized spacial score (nSPS) is 10.6. The summed E-state index contributed by atoms with van der Waals surface area (Å²) < 4.78 is 1.28. The maximum Gasteiger partial charge on any atom is 0.308 e. The predicted octanol–water partition coefficient (Wildman–Crippen LogP) is -0.350. The van der Waals surface area contributed by atoms with E-state index in [0.29, 0.717) is 5.78 Å². The Balaban J connectivity index is 2.62. The Kier molecular flexibility index (Phi) is 1.81. The zero-order valence-electron chi connectivity index (χ0n) is 7.10. The Bertz CT molecular complexity index is 540. The van der Waals surface area contributed by atoms with Gasteiger partial charge in [0.05, 0.1) is 6.42 Å². The number of aliphatic carboxylic acids is 1. The lowest BCUT2D eigenvalue weighted by Gasteiger charge is -1.96. The van der Waals surface area contributed by atoms with Gasteiger partial charge in [-0.3, -0.25) is 14.0 Å². The maximum absolute atomic E-state index is 11.6. The lowest BCUT2D eigenvalue weighted by atomic mass is 10.2. The van der Waals surface area contributed by atoms with Crippen LogP contribution in [0.3, 0.4) is 0 Å². The Morgan fingerprint density at radius 1 is 1.64 bits per heavy atom. The van der Waals surface area contributed by atoms with Crippen molar-refractivity contribution in [2.45, 2.75) is 6.42 Å². The first kappa shape index (κ1) is 8.49. The second-order valence-corrected chi connectivity index (χ2v) is 2.81. The molecule has 0 saturated heterocycles. The topological polar surface area (TPSA) is 87.5 Å². The molecule has 2 rings (SSSR count). The van der Waals surface area contributed by atoms with E-state index in [4.69, 9.17) is 5.11 Å². The third kappa shape index (κ3) is 1.26. The van der Waals surface area contributed by atoms with E-state index in [1.54, 1.807) is 6.20 Å². The molecule has 0 bridgehead atoms. The lowest BCUT2D eigenvalue weighted by molar-refractivity contribution is -0.136. The fourth-order valence-electron chi connectivity index (χ4n) is 1.22. The van der Waals surface area contributed by atoms with Gasteiger partial charge in [-0.2, -0.15) is 0 Å². The molecule has 0 atom stereocenters. The van der Waals surface area contributed by atoms with Crippen LogP contribution < -0.4 is 5.56 Å². The van der Waals surface area contributed by atoms with E-state index in [1.807, 2.05) is 0 Å². The van der Waals surface area contributed by atoms with E-state index in [0.717, 1.165) is 0 Å². The van der Waals surface area contributed by atoms with Crippen molar-refractivity contribution in [1.29, 1.82) is 0 Å². The van der Waals surface area contributed by atoms with Crippen molar-refractivity contribution in [3.8, 4) is 0 Å². The fourth-order valence-corrected chi connectivity index (χ4v) is 1.22. The Morgan fingerprint density at radius 3 is 3.14 bits per heavy atom. The van der Waals surface area contributed by atoms with Crippen LogP contribution in [0.25, 0.3) is 5.78 Å².